The topological polar surface area (TPSA) is 84.7 Å². The molecule has 3 aliphatic rings. The van der Waals surface area contributed by atoms with E-state index < -0.39 is 17.5 Å². The van der Waals surface area contributed by atoms with Gasteiger partial charge >= 0.3 is 0 Å². The first-order chi connectivity index (χ1) is 17.0. The average Bonchev–Trinajstić information content (AvgIpc) is 3.52. The molecule has 8 heteroatoms. The summed E-state index contributed by atoms with van der Waals surface area (Å²) in [5, 5.41) is 15.7. The predicted octanol–water partition coefficient (Wildman–Crippen LogP) is 4.46. The highest BCUT2D eigenvalue weighted by Crippen LogP contribution is 2.58. The molecule has 3 aromatic rings. The second kappa shape index (κ2) is 8.16. The molecule has 1 amide bonds. The summed E-state index contributed by atoms with van der Waals surface area (Å²) in [5.41, 5.74) is 1.46. The maximum Gasteiger partial charge on any atom is 0.256 e. The Morgan fingerprint density at radius 2 is 1.83 bits per heavy atom. The van der Waals surface area contributed by atoms with Crippen molar-refractivity contribution in [1.82, 2.24) is 4.90 Å². The summed E-state index contributed by atoms with van der Waals surface area (Å²) in [5.74, 6) is -0.645. The molecule has 0 aliphatic carbocycles. The number of halogens is 1. The van der Waals surface area contributed by atoms with Crippen molar-refractivity contribution in [2.75, 3.05) is 11.9 Å². The third kappa shape index (κ3) is 3.16. The third-order valence-electron chi connectivity index (χ3n) is 7.68. The standard InChI is InChI=1S/C27H24FN3O4/c28-18-13-11-17(12-14-18)16-35-23-10-4-1-6-19(23)24-22-9-5-15-30(22)27(25(24)31(33)34)20-7-2-3-8-21(20)29-26(27)32/h1-4,6-8,10-14,22,24-25H,5,9,15-16H2,(H,29,32)/t22-,24-,25-,27+/m1/s1. The van der Waals surface area contributed by atoms with Crippen LogP contribution < -0.4 is 10.1 Å². The molecule has 7 nitrogen and oxygen atoms in total. The van der Waals surface area contributed by atoms with Crippen molar-refractivity contribution in [2.45, 2.75) is 43.0 Å². The molecule has 2 saturated heterocycles. The normalized spacial score (nSPS) is 27.0. The predicted molar refractivity (Wildman–Crippen MR) is 127 cm³/mol. The molecule has 4 atom stereocenters. The number of para-hydroxylation sites is 2. The van der Waals surface area contributed by atoms with Crippen molar-refractivity contribution >= 4 is 11.6 Å². The molecule has 0 saturated carbocycles. The molecule has 3 heterocycles. The maximum absolute atomic E-state index is 13.6. The quantitative estimate of drug-likeness (QED) is 0.437. The summed E-state index contributed by atoms with van der Waals surface area (Å²) in [6.07, 6.45) is 1.62. The number of benzene rings is 3. The van der Waals surface area contributed by atoms with Crippen molar-refractivity contribution in [3.8, 4) is 5.75 Å². The lowest BCUT2D eigenvalue weighted by molar-refractivity contribution is -0.534. The van der Waals surface area contributed by atoms with E-state index in [2.05, 4.69) is 10.2 Å². The maximum atomic E-state index is 13.6. The summed E-state index contributed by atoms with van der Waals surface area (Å²) in [7, 11) is 0. The number of fused-ring (bicyclic) bond motifs is 4. The summed E-state index contributed by atoms with van der Waals surface area (Å²) in [4.78, 5) is 28.2. The van der Waals surface area contributed by atoms with Crippen LogP contribution in [-0.4, -0.2) is 34.4 Å². The first kappa shape index (κ1) is 21.7. The minimum Gasteiger partial charge on any atom is -0.489 e. The fraction of sp³-hybridized carbons (Fsp3) is 0.296. The van der Waals surface area contributed by atoms with Gasteiger partial charge < -0.3 is 10.1 Å². The highest BCUT2D eigenvalue weighted by Gasteiger charge is 2.73. The molecule has 1 N–H and O–H groups in total. The highest BCUT2D eigenvalue weighted by molar-refractivity contribution is 6.07. The Kier molecular flexibility index (Phi) is 5.07. The van der Waals surface area contributed by atoms with Gasteiger partial charge in [0.15, 0.2) is 5.54 Å². The third-order valence-corrected chi connectivity index (χ3v) is 7.68. The number of hydrogen-bond donors (Lipinski definition) is 1. The van der Waals surface area contributed by atoms with Crippen LogP contribution in [-0.2, 0) is 16.9 Å². The van der Waals surface area contributed by atoms with E-state index in [0.29, 0.717) is 23.5 Å². The lowest BCUT2D eigenvalue weighted by atomic mass is 9.77. The minimum atomic E-state index is -1.37. The number of ether oxygens (including phenoxy) is 1. The van der Waals surface area contributed by atoms with Gasteiger partial charge in [0.25, 0.3) is 11.9 Å². The molecular weight excluding hydrogens is 449 g/mol. The van der Waals surface area contributed by atoms with Crippen molar-refractivity contribution in [3.63, 3.8) is 0 Å². The molecule has 0 aromatic heterocycles. The number of carbonyl (C=O) groups excluding carboxylic acids is 1. The SMILES string of the molecule is O=C1Nc2ccccc2[C@]12[C@H]([N+](=O)[O-])[C@H](c1ccccc1OCc1ccc(F)cc1)[C@H]1CCCN12. The second-order valence-electron chi connectivity index (χ2n) is 9.38. The van der Waals surface area contributed by atoms with Gasteiger partial charge in [0, 0.05) is 34.3 Å². The Hall–Kier alpha value is -3.78. The largest absolute Gasteiger partial charge is 0.489 e. The van der Waals surface area contributed by atoms with Crippen LogP contribution in [0.5, 0.6) is 5.75 Å². The summed E-state index contributed by atoms with van der Waals surface area (Å²) in [6, 6.07) is 19.4. The van der Waals surface area contributed by atoms with Crippen molar-refractivity contribution in [3.05, 3.63) is 105 Å². The molecule has 3 aliphatic heterocycles. The molecule has 35 heavy (non-hydrogen) atoms. The van der Waals surface area contributed by atoms with Gasteiger partial charge in [-0.05, 0) is 42.7 Å². The number of nitro groups is 1. The minimum absolute atomic E-state index is 0.169. The number of rotatable bonds is 5. The zero-order valence-electron chi connectivity index (χ0n) is 18.9. The Balaban J connectivity index is 1.45. The van der Waals surface area contributed by atoms with Crippen molar-refractivity contribution < 1.29 is 18.8 Å². The van der Waals surface area contributed by atoms with Gasteiger partial charge in [0.05, 0.1) is 5.92 Å². The van der Waals surface area contributed by atoms with Crippen LogP contribution in [0.4, 0.5) is 10.1 Å². The Labute approximate surface area is 201 Å². The van der Waals surface area contributed by atoms with E-state index in [1.54, 1.807) is 18.2 Å². The van der Waals surface area contributed by atoms with Crippen molar-refractivity contribution in [2.24, 2.45) is 0 Å². The summed E-state index contributed by atoms with van der Waals surface area (Å²) < 4.78 is 19.4. The van der Waals surface area contributed by atoms with E-state index in [9.17, 15) is 19.3 Å². The zero-order chi connectivity index (χ0) is 24.2. The fourth-order valence-corrected chi connectivity index (χ4v) is 6.38. The molecule has 6 rings (SSSR count). The van der Waals surface area contributed by atoms with E-state index in [1.165, 1.54) is 12.1 Å². The number of amides is 1. The van der Waals surface area contributed by atoms with Crippen LogP contribution >= 0.6 is 0 Å². The fourth-order valence-electron chi connectivity index (χ4n) is 6.38. The molecular formula is C27H24FN3O4. The van der Waals surface area contributed by atoms with Gasteiger partial charge in [-0.3, -0.25) is 19.8 Å². The number of carbonyl (C=O) groups is 1. The first-order valence-electron chi connectivity index (χ1n) is 11.8. The molecule has 1 spiro atoms. The first-order valence-corrected chi connectivity index (χ1v) is 11.8. The average molecular weight is 474 g/mol. The van der Waals surface area contributed by atoms with E-state index in [-0.39, 0.29) is 29.3 Å². The molecule has 0 unspecified atom stereocenters. The zero-order valence-corrected chi connectivity index (χ0v) is 18.9. The smallest absolute Gasteiger partial charge is 0.256 e. The van der Waals surface area contributed by atoms with Gasteiger partial charge in [0.1, 0.15) is 18.2 Å². The molecule has 0 radical (unpaired) electrons. The molecule has 3 aromatic carbocycles. The second-order valence-corrected chi connectivity index (χ2v) is 9.38. The van der Waals surface area contributed by atoms with Crippen LogP contribution in [0.15, 0.2) is 72.8 Å². The lowest BCUT2D eigenvalue weighted by Crippen LogP contribution is -2.55. The van der Waals surface area contributed by atoms with Crippen LogP contribution in [0.1, 0.15) is 35.4 Å². The van der Waals surface area contributed by atoms with Crippen LogP contribution in [0.25, 0.3) is 0 Å². The van der Waals surface area contributed by atoms with E-state index >= 15 is 0 Å². The van der Waals surface area contributed by atoms with Crippen LogP contribution in [0.3, 0.4) is 0 Å². The lowest BCUT2D eigenvalue weighted by Gasteiger charge is -2.32. The number of nitrogens with one attached hydrogen (secondary N) is 1. The van der Waals surface area contributed by atoms with Gasteiger partial charge in [-0.15, -0.1) is 0 Å². The Morgan fingerprint density at radius 3 is 2.63 bits per heavy atom. The van der Waals surface area contributed by atoms with E-state index in [4.69, 9.17) is 4.74 Å². The monoisotopic (exact) mass is 473 g/mol. The van der Waals surface area contributed by atoms with E-state index in [0.717, 1.165) is 24.0 Å². The molecule has 0 bridgehead atoms. The highest BCUT2D eigenvalue weighted by atomic mass is 19.1. The molecule has 2 fully saturated rings. The Bertz CT molecular complexity index is 1310. The number of anilines is 1. The summed E-state index contributed by atoms with van der Waals surface area (Å²) >= 11 is 0. The van der Waals surface area contributed by atoms with Crippen molar-refractivity contribution in [1.29, 1.82) is 0 Å². The van der Waals surface area contributed by atoms with Gasteiger partial charge in [-0.1, -0.05) is 48.5 Å². The number of hydrogen-bond acceptors (Lipinski definition) is 5. The van der Waals surface area contributed by atoms with Gasteiger partial charge in [-0.25, -0.2) is 4.39 Å². The Morgan fingerprint density at radius 1 is 1.09 bits per heavy atom. The number of nitrogens with zero attached hydrogens (tertiary/aromatic N) is 2. The summed E-state index contributed by atoms with van der Waals surface area (Å²) in [6.45, 7) is 0.821. The van der Waals surface area contributed by atoms with Crippen LogP contribution in [0.2, 0.25) is 0 Å². The van der Waals surface area contributed by atoms with E-state index in [1.807, 2.05) is 42.5 Å². The van der Waals surface area contributed by atoms with Gasteiger partial charge in [-0.2, -0.15) is 0 Å². The molecule has 178 valence electrons. The van der Waals surface area contributed by atoms with Gasteiger partial charge in [0.2, 0.25) is 0 Å². The van der Waals surface area contributed by atoms with Crippen LogP contribution in [0, 0.1) is 15.9 Å².